The maximum Gasteiger partial charge on any atom is 0.258 e. The highest BCUT2D eigenvalue weighted by Gasteiger charge is 2.25. The third-order valence-electron chi connectivity index (χ3n) is 4.90. The molecule has 7 nitrogen and oxygen atoms in total. The maximum atomic E-state index is 9.49. The molecule has 3 aromatic rings. The zero-order chi connectivity index (χ0) is 22.9. The first kappa shape index (κ1) is 21.6. The minimum Gasteiger partial charge on any atom is -0.490 e. The van der Waals surface area contributed by atoms with E-state index >= 15 is 0 Å². The third kappa shape index (κ3) is 4.50. The molecule has 164 valence electrons. The molecule has 2 aromatic carbocycles. The Labute approximate surface area is 187 Å². The van der Waals surface area contributed by atoms with Crippen molar-refractivity contribution in [2.24, 2.45) is 5.16 Å². The molecule has 0 atom stereocenters. The Morgan fingerprint density at radius 3 is 2.62 bits per heavy atom. The van der Waals surface area contributed by atoms with Crippen molar-refractivity contribution in [3.8, 4) is 34.7 Å². The average molecular weight is 431 g/mol. The van der Waals surface area contributed by atoms with Gasteiger partial charge in [0.1, 0.15) is 17.4 Å². The van der Waals surface area contributed by atoms with Crippen LogP contribution < -0.4 is 4.74 Å². The molecule has 0 aliphatic heterocycles. The van der Waals surface area contributed by atoms with Crippen LogP contribution in [0, 0.1) is 11.3 Å². The fourth-order valence-electron chi connectivity index (χ4n) is 3.56. The number of nitrogens with zero attached hydrogens (tertiary/aromatic N) is 4. The SMILES string of the molecule is CC(C)Oc1ccc(-c2nc(-c3cccc4c3CCC4=NOC(C)(C)C)no2)cc1C#N. The molecule has 0 saturated carbocycles. The van der Waals surface area contributed by atoms with E-state index in [0.29, 0.717) is 28.6 Å². The molecule has 0 radical (unpaired) electrons. The summed E-state index contributed by atoms with van der Waals surface area (Å²) in [5.41, 5.74) is 4.79. The van der Waals surface area contributed by atoms with Gasteiger partial charge in [-0.15, -0.1) is 0 Å². The van der Waals surface area contributed by atoms with E-state index in [9.17, 15) is 5.26 Å². The standard InChI is InChI=1S/C25H26N4O3/c1-15(2)30-22-12-9-16(13-17(22)14-26)24-27-23(29-31-24)20-8-6-7-19-18(20)10-11-21(19)28-32-25(3,4)5/h6-9,12-13,15H,10-11H2,1-5H3. The van der Waals surface area contributed by atoms with Gasteiger partial charge in [0, 0.05) is 16.7 Å². The predicted octanol–water partition coefficient (Wildman–Crippen LogP) is 5.53. The van der Waals surface area contributed by atoms with Gasteiger partial charge >= 0.3 is 0 Å². The monoisotopic (exact) mass is 430 g/mol. The van der Waals surface area contributed by atoms with Gasteiger partial charge in [-0.1, -0.05) is 28.5 Å². The van der Waals surface area contributed by atoms with Crippen LogP contribution in [0.4, 0.5) is 0 Å². The van der Waals surface area contributed by atoms with Gasteiger partial charge in [0.15, 0.2) is 0 Å². The van der Waals surface area contributed by atoms with Gasteiger partial charge in [0.25, 0.3) is 5.89 Å². The minimum atomic E-state index is -0.339. The molecule has 0 unspecified atom stereocenters. The first-order valence-electron chi connectivity index (χ1n) is 10.7. The molecular formula is C25H26N4O3. The fraction of sp³-hybridized carbons (Fsp3) is 0.360. The summed E-state index contributed by atoms with van der Waals surface area (Å²) in [6.07, 6.45) is 1.61. The lowest BCUT2D eigenvalue weighted by molar-refractivity contribution is 0.000799. The van der Waals surface area contributed by atoms with Gasteiger partial charge < -0.3 is 14.1 Å². The highest BCUT2D eigenvalue weighted by Crippen LogP contribution is 2.33. The first-order valence-corrected chi connectivity index (χ1v) is 10.7. The predicted molar refractivity (Wildman–Crippen MR) is 121 cm³/mol. The summed E-state index contributed by atoms with van der Waals surface area (Å²) < 4.78 is 11.2. The summed E-state index contributed by atoms with van der Waals surface area (Å²) in [6, 6.07) is 13.5. The summed E-state index contributed by atoms with van der Waals surface area (Å²) in [6.45, 7) is 9.77. The zero-order valence-corrected chi connectivity index (χ0v) is 19.0. The van der Waals surface area contributed by atoms with Crippen LogP contribution in [0.5, 0.6) is 5.75 Å². The van der Waals surface area contributed by atoms with E-state index < -0.39 is 0 Å². The van der Waals surface area contributed by atoms with E-state index in [0.717, 1.165) is 35.2 Å². The molecule has 0 spiro atoms. The molecule has 4 rings (SSSR count). The topological polar surface area (TPSA) is 93.5 Å². The summed E-state index contributed by atoms with van der Waals surface area (Å²) in [7, 11) is 0. The quantitative estimate of drug-likeness (QED) is 0.494. The lowest BCUT2D eigenvalue weighted by Crippen LogP contribution is -2.16. The number of hydrogen-bond acceptors (Lipinski definition) is 7. The number of oxime groups is 1. The molecule has 0 bridgehead atoms. The van der Waals surface area contributed by atoms with Crippen molar-refractivity contribution < 1.29 is 14.1 Å². The van der Waals surface area contributed by atoms with Crippen LogP contribution in [0.25, 0.3) is 22.8 Å². The number of hydrogen-bond donors (Lipinski definition) is 0. The summed E-state index contributed by atoms with van der Waals surface area (Å²) >= 11 is 0. The molecule has 1 aromatic heterocycles. The second-order valence-electron chi connectivity index (χ2n) is 8.99. The Hall–Kier alpha value is -3.66. The Balaban J connectivity index is 1.65. The second kappa shape index (κ2) is 8.46. The number of fused-ring (bicyclic) bond motifs is 1. The molecule has 1 heterocycles. The Morgan fingerprint density at radius 1 is 1.12 bits per heavy atom. The molecule has 1 aliphatic carbocycles. The second-order valence-corrected chi connectivity index (χ2v) is 8.99. The van der Waals surface area contributed by atoms with Crippen molar-refractivity contribution in [1.82, 2.24) is 10.1 Å². The number of aromatic nitrogens is 2. The molecule has 0 N–H and O–H groups in total. The van der Waals surface area contributed by atoms with Crippen molar-refractivity contribution in [2.75, 3.05) is 0 Å². The Bertz CT molecular complexity index is 1210. The van der Waals surface area contributed by atoms with Crippen LogP contribution in [0.2, 0.25) is 0 Å². The molecule has 0 fully saturated rings. The molecular weight excluding hydrogens is 404 g/mol. The van der Waals surface area contributed by atoms with E-state index in [1.54, 1.807) is 12.1 Å². The third-order valence-corrected chi connectivity index (χ3v) is 4.90. The summed E-state index contributed by atoms with van der Waals surface area (Å²) in [5.74, 6) is 1.40. The maximum absolute atomic E-state index is 9.49. The summed E-state index contributed by atoms with van der Waals surface area (Å²) in [4.78, 5) is 10.2. The van der Waals surface area contributed by atoms with Crippen molar-refractivity contribution in [1.29, 1.82) is 5.26 Å². The van der Waals surface area contributed by atoms with Crippen LogP contribution in [-0.2, 0) is 11.3 Å². The van der Waals surface area contributed by atoms with E-state index in [-0.39, 0.29) is 11.7 Å². The highest BCUT2D eigenvalue weighted by molar-refractivity contribution is 6.05. The van der Waals surface area contributed by atoms with E-state index in [4.69, 9.17) is 14.1 Å². The number of rotatable bonds is 5. The van der Waals surface area contributed by atoms with Crippen molar-refractivity contribution in [3.63, 3.8) is 0 Å². The lowest BCUT2D eigenvalue weighted by Gasteiger charge is -2.16. The Morgan fingerprint density at radius 2 is 1.91 bits per heavy atom. The van der Waals surface area contributed by atoms with Gasteiger partial charge in [0.05, 0.1) is 17.4 Å². The average Bonchev–Trinajstić information content (AvgIpc) is 3.39. The van der Waals surface area contributed by atoms with Crippen molar-refractivity contribution >= 4 is 5.71 Å². The zero-order valence-electron chi connectivity index (χ0n) is 19.0. The van der Waals surface area contributed by atoms with Gasteiger partial charge in [-0.3, -0.25) is 0 Å². The van der Waals surface area contributed by atoms with E-state index in [1.807, 2.05) is 58.9 Å². The van der Waals surface area contributed by atoms with Crippen LogP contribution in [0.1, 0.15) is 57.7 Å². The minimum absolute atomic E-state index is 0.0228. The van der Waals surface area contributed by atoms with Crippen molar-refractivity contribution in [3.05, 3.63) is 53.1 Å². The van der Waals surface area contributed by atoms with Gasteiger partial charge in [-0.05, 0) is 71.2 Å². The lowest BCUT2D eigenvalue weighted by atomic mass is 10.0. The molecule has 0 saturated heterocycles. The molecule has 0 amide bonds. The van der Waals surface area contributed by atoms with Crippen LogP contribution in [0.3, 0.4) is 0 Å². The van der Waals surface area contributed by atoms with Crippen molar-refractivity contribution in [2.45, 2.75) is 59.2 Å². The normalized spacial score (nSPS) is 14.5. The first-order chi connectivity index (χ1) is 15.2. The molecule has 1 aliphatic rings. The number of nitriles is 1. The molecule has 7 heteroatoms. The smallest absolute Gasteiger partial charge is 0.258 e. The van der Waals surface area contributed by atoms with Crippen LogP contribution >= 0.6 is 0 Å². The summed E-state index contributed by atoms with van der Waals surface area (Å²) in [5, 5.41) is 18.1. The van der Waals surface area contributed by atoms with Gasteiger partial charge in [-0.25, -0.2) is 0 Å². The van der Waals surface area contributed by atoms with E-state index in [2.05, 4.69) is 21.4 Å². The van der Waals surface area contributed by atoms with Gasteiger partial charge in [-0.2, -0.15) is 10.2 Å². The van der Waals surface area contributed by atoms with E-state index in [1.165, 1.54) is 0 Å². The number of ether oxygens (including phenoxy) is 1. The number of benzene rings is 2. The molecule has 32 heavy (non-hydrogen) atoms. The van der Waals surface area contributed by atoms with Crippen LogP contribution in [0.15, 0.2) is 46.1 Å². The fourth-order valence-corrected chi connectivity index (χ4v) is 3.56. The Kier molecular flexibility index (Phi) is 5.70. The highest BCUT2D eigenvalue weighted by atomic mass is 16.6. The van der Waals surface area contributed by atoms with Gasteiger partial charge in [0.2, 0.25) is 5.82 Å². The van der Waals surface area contributed by atoms with Crippen LogP contribution in [-0.4, -0.2) is 27.6 Å². The largest absolute Gasteiger partial charge is 0.490 e.